The van der Waals surface area contributed by atoms with Crippen molar-refractivity contribution in [3.8, 4) is 0 Å². The highest BCUT2D eigenvalue weighted by molar-refractivity contribution is 9.10. The van der Waals surface area contributed by atoms with Gasteiger partial charge in [-0.05, 0) is 47.5 Å². The van der Waals surface area contributed by atoms with Crippen LogP contribution in [0.2, 0.25) is 0 Å². The number of hydrogen-bond donors (Lipinski definition) is 2. The summed E-state index contributed by atoms with van der Waals surface area (Å²) in [6.45, 7) is 5.38. The average molecular weight is 312 g/mol. The van der Waals surface area contributed by atoms with E-state index in [0.717, 1.165) is 22.3 Å². The lowest BCUT2D eigenvalue weighted by molar-refractivity contribution is -0.122. The minimum absolute atomic E-state index is 0.0115. The number of nitrogens with two attached hydrogens (primary N) is 1. The third-order valence-corrected chi connectivity index (χ3v) is 3.94. The van der Waals surface area contributed by atoms with Crippen LogP contribution in [0.3, 0.4) is 0 Å². The summed E-state index contributed by atoms with van der Waals surface area (Å²) in [6, 6.07) is 5.94. The highest BCUT2D eigenvalue weighted by Crippen LogP contribution is 2.30. The Labute approximate surface area is 116 Å². The molecule has 5 heteroatoms. The zero-order valence-corrected chi connectivity index (χ0v) is 12.2. The number of nitrogens with zero attached hydrogens (tertiary/aromatic N) is 1. The topological polar surface area (TPSA) is 58.4 Å². The summed E-state index contributed by atoms with van der Waals surface area (Å²) in [6.07, 6.45) is 0. The number of hydrogen-bond acceptors (Lipinski definition) is 3. The molecule has 1 aromatic rings. The van der Waals surface area contributed by atoms with Gasteiger partial charge in [-0.25, -0.2) is 0 Å². The van der Waals surface area contributed by atoms with Crippen molar-refractivity contribution >= 4 is 27.5 Å². The van der Waals surface area contributed by atoms with Gasteiger partial charge in [0.25, 0.3) is 0 Å². The van der Waals surface area contributed by atoms with Crippen molar-refractivity contribution in [2.45, 2.75) is 25.9 Å². The van der Waals surface area contributed by atoms with Crippen molar-refractivity contribution in [3.05, 3.63) is 28.2 Å². The first kappa shape index (κ1) is 13.4. The molecule has 0 aliphatic carbocycles. The molecule has 1 fully saturated rings. The van der Waals surface area contributed by atoms with E-state index in [2.05, 4.69) is 26.1 Å². The summed E-state index contributed by atoms with van der Waals surface area (Å²) in [4.78, 5) is 13.8. The van der Waals surface area contributed by atoms with Crippen molar-refractivity contribution in [2.75, 3.05) is 18.0 Å². The third-order valence-electron chi connectivity index (χ3n) is 3.31. The fraction of sp³-hybridized carbons (Fsp3) is 0.462. The molecule has 18 heavy (non-hydrogen) atoms. The molecule has 3 N–H and O–H groups in total. The van der Waals surface area contributed by atoms with Crippen LogP contribution in [0.15, 0.2) is 22.7 Å². The quantitative estimate of drug-likeness (QED) is 0.875. The van der Waals surface area contributed by atoms with E-state index in [-0.39, 0.29) is 18.0 Å². The number of anilines is 1. The Morgan fingerprint density at radius 3 is 2.89 bits per heavy atom. The lowest BCUT2D eigenvalue weighted by atomic mass is 10.1. The van der Waals surface area contributed by atoms with Crippen LogP contribution in [0.5, 0.6) is 0 Å². The van der Waals surface area contributed by atoms with Crippen LogP contribution in [0.25, 0.3) is 0 Å². The number of benzene rings is 1. The fourth-order valence-electron chi connectivity index (χ4n) is 2.15. The SMILES string of the molecule is CC1C(=O)NCCN1c1ccc([C@@H](C)N)cc1Br. The van der Waals surface area contributed by atoms with E-state index in [1.165, 1.54) is 0 Å². The zero-order chi connectivity index (χ0) is 13.3. The highest BCUT2D eigenvalue weighted by Gasteiger charge is 2.26. The average Bonchev–Trinajstić information content (AvgIpc) is 2.33. The lowest BCUT2D eigenvalue weighted by Gasteiger charge is -2.35. The maximum Gasteiger partial charge on any atom is 0.242 e. The number of piperazine rings is 1. The minimum Gasteiger partial charge on any atom is -0.357 e. The Bertz CT molecular complexity index is 462. The van der Waals surface area contributed by atoms with Crippen molar-refractivity contribution in [1.29, 1.82) is 0 Å². The Kier molecular flexibility index (Phi) is 3.92. The van der Waals surface area contributed by atoms with Gasteiger partial charge in [0.2, 0.25) is 5.91 Å². The number of carbonyl (C=O) groups is 1. The van der Waals surface area contributed by atoms with Crippen LogP contribution in [-0.4, -0.2) is 25.0 Å². The summed E-state index contributed by atoms with van der Waals surface area (Å²) in [5.74, 6) is 0.0735. The number of amides is 1. The largest absolute Gasteiger partial charge is 0.357 e. The van der Waals surface area contributed by atoms with E-state index in [1.54, 1.807) is 0 Å². The molecule has 1 heterocycles. The Morgan fingerprint density at radius 1 is 1.56 bits per heavy atom. The predicted octanol–water partition coefficient (Wildman–Crippen LogP) is 1.79. The van der Waals surface area contributed by atoms with Crippen LogP contribution < -0.4 is 16.0 Å². The maximum absolute atomic E-state index is 11.7. The summed E-state index contributed by atoms with van der Waals surface area (Å²) in [5.41, 5.74) is 7.99. The smallest absolute Gasteiger partial charge is 0.242 e. The van der Waals surface area contributed by atoms with Crippen LogP contribution >= 0.6 is 15.9 Å². The molecule has 2 atom stereocenters. The van der Waals surface area contributed by atoms with E-state index < -0.39 is 0 Å². The second kappa shape index (κ2) is 5.28. The second-order valence-corrected chi connectivity index (χ2v) is 5.51. The number of rotatable bonds is 2. The van der Waals surface area contributed by atoms with Gasteiger partial charge in [-0.15, -0.1) is 0 Å². The molecule has 0 bridgehead atoms. The number of halogens is 1. The summed E-state index contributed by atoms with van der Waals surface area (Å²) in [7, 11) is 0. The Balaban J connectivity index is 2.30. The van der Waals surface area contributed by atoms with Crippen molar-refractivity contribution in [3.63, 3.8) is 0 Å². The molecule has 4 nitrogen and oxygen atoms in total. The fourth-order valence-corrected chi connectivity index (χ4v) is 2.78. The molecule has 0 radical (unpaired) electrons. The van der Waals surface area contributed by atoms with Crippen molar-refractivity contribution in [1.82, 2.24) is 5.32 Å². The predicted molar refractivity (Wildman–Crippen MR) is 76.6 cm³/mol. The third kappa shape index (κ3) is 2.52. The van der Waals surface area contributed by atoms with E-state index in [0.29, 0.717) is 6.54 Å². The van der Waals surface area contributed by atoms with Gasteiger partial charge in [-0.3, -0.25) is 4.79 Å². The summed E-state index contributed by atoms with van der Waals surface area (Å²) < 4.78 is 0.985. The maximum atomic E-state index is 11.7. The molecule has 1 amide bonds. The second-order valence-electron chi connectivity index (χ2n) is 4.66. The minimum atomic E-state index is -0.142. The van der Waals surface area contributed by atoms with E-state index in [9.17, 15) is 4.79 Å². The van der Waals surface area contributed by atoms with Crippen LogP contribution in [0, 0.1) is 0 Å². The van der Waals surface area contributed by atoms with Crippen LogP contribution in [-0.2, 0) is 4.79 Å². The molecule has 0 aromatic heterocycles. The van der Waals surface area contributed by atoms with Gasteiger partial charge < -0.3 is 16.0 Å². The molecule has 1 saturated heterocycles. The summed E-state index contributed by atoms with van der Waals surface area (Å²) >= 11 is 3.57. The van der Waals surface area contributed by atoms with E-state index in [1.807, 2.05) is 32.0 Å². The van der Waals surface area contributed by atoms with Crippen LogP contribution in [0.1, 0.15) is 25.5 Å². The Morgan fingerprint density at radius 2 is 2.28 bits per heavy atom. The van der Waals surface area contributed by atoms with Gasteiger partial charge in [0.15, 0.2) is 0 Å². The number of carbonyl (C=O) groups excluding carboxylic acids is 1. The molecular weight excluding hydrogens is 294 g/mol. The van der Waals surface area contributed by atoms with Crippen LogP contribution in [0.4, 0.5) is 5.69 Å². The molecule has 2 rings (SSSR count). The molecular formula is C13H18BrN3O. The first-order valence-electron chi connectivity index (χ1n) is 6.10. The molecule has 1 aliphatic heterocycles. The van der Waals surface area contributed by atoms with E-state index in [4.69, 9.17) is 5.73 Å². The lowest BCUT2D eigenvalue weighted by Crippen LogP contribution is -2.54. The van der Waals surface area contributed by atoms with E-state index >= 15 is 0 Å². The standard InChI is InChI=1S/C13H18BrN3O/c1-8(15)10-3-4-12(11(14)7-10)17-6-5-16-13(18)9(17)2/h3-4,7-9H,5-6,15H2,1-2H3,(H,16,18)/t8-,9?/m1/s1. The first-order chi connectivity index (χ1) is 8.50. The molecule has 1 aliphatic rings. The molecule has 0 spiro atoms. The van der Waals surface area contributed by atoms with Crippen molar-refractivity contribution in [2.24, 2.45) is 5.73 Å². The molecule has 0 saturated carbocycles. The van der Waals surface area contributed by atoms with Gasteiger partial charge >= 0.3 is 0 Å². The Hall–Kier alpha value is -1.07. The normalized spacial score (nSPS) is 21.7. The first-order valence-corrected chi connectivity index (χ1v) is 6.89. The van der Waals surface area contributed by atoms with Crippen molar-refractivity contribution < 1.29 is 4.79 Å². The van der Waals surface area contributed by atoms with Gasteiger partial charge in [0.05, 0.1) is 5.69 Å². The highest BCUT2D eigenvalue weighted by atomic mass is 79.9. The van der Waals surface area contributed by atoms with Gasteiger partial charge in [0.1, 0.15) is 6.04 Å². The monoisotopic (exact) mass is 311 g/mol. The van der Waals surface area contributed by atoms with Gasteiger partial charge in [-0.1, -0.05) is 6.07 Å². The zero-order valence-electron chi connectivity index (χ0n) is 10.6. The molecule has 1 unspecified atom stereocenters. The van der Waals surface area contributed by atoms with Gasteiger partial charge in [0, 0.05) is 23.6 Å². The number of nitrogens with one attached hydrogen (secondary N) is 1. The summed E-state index contributed by atoms with van der Waals surface area (Å²) in [5, 5.41) is 2.86. The van der Waals surface area contributed by atoms with Gasteiger partial charge in [-0.2, -0.15) is 0 Å². The molecule has 98 valence electrons. The molecule has 1 aromatic carbocycles.